The zero-order chi connectivity index (χ0) is 26.2. The van der Waals surface area contributed by atoms with Crippen LogP contribution in [0, 0.1) is 11.6 Å². The molecule has 3 aromatic carbocycles. The molecule has 2 aliphatic rings. The highest BCUT2D eigenvalue weighted by molar-refractivity contribution is 8.00. The number of hydrogen-bond donors (Lipinski definition) is 1. The lowest BCUT2D eigenvalue weighted by atomic mass is 9.99. The van der Waals surface area contributed by atoms with Crippen LogP contribution >= 0.6 is 11.8 Å². The quantitative estimate of drug-likeness (QED) is 0.369. The van der Waals surface area contributed by atoms with Crippen molar-refractivity contribution in [3.63, 3.8) is 0 Å². The number of nitrogens with zero attached hydrogens (tertiary/aromatic N) is 3. The van der Waals surface area contributed by atoms with Gasteiger partial charge in [0.25, 0.3) is 0 Å². The van der Waals surface area contributed by atoms with E-state index >= 15 is 0 Å². The van der Waals surface area contributed by atoms with E-state index in [0.29, 0.717) is 28.3 Å². The summed E-state index contributed by atoms with van der Waals surface area (Å²) in [4.78, 5) is 28.0. The summed E-state index contributed by atoms with van der Waals surface area (Å²) >= 11 is 1.37. The number of rotatable bonds is 6. The number of thioether (sulfide) groups is 1. The van der Waals surface area contributed by atoms with E-state index in [1.807, 2.05) is 36.4 Å². The number of hydrogen-bond acceptors (Lipinski definition) is 4. The molecule has 1 aliphatic carbocycles. The molecule has 4 aromatic rings. The number of benzene rings is 3. The number of fused-ring (bicyclic) bond motifs is 1. The number of halogens is 2. The molecular weight excluding hydrogens is 506 g/mol. The van der Waals surface area contributed by atoms with Gasteiger partial charge in [0, 0.05) is 17.2 Å². The van der Waals surface area contributed by atoms with E-state index in [-0.39, 0.29) is 36.0 Å². The standard InChI is InChI=1S/C29H24F2N4O2S/c30-20-9-13-23(14-10-20)35-29-26(27(33-35)18-5-2-1-3-6-18)28(19-7-4-8-21(31)15-19)38-17-25(37)34(29)16-24(36)32-22-11-12-22/h1-10,13-15,22,28H,11-12,16-17H2,(H,32,36). The van der Waals surface area contributed by atoms with Crippen LogP contribution in [0.5, 0.6) is 0 Å². The minimum atomic E-state index is -0.439. The summed E-state index contributed by atoms with van der Waals surface area (Å²) in [5, 5.41) is 7.45. The Bertz CT molecular complexity index is 1500. The van der Waals surface area contributed by atoms with E-state index in [9.17, 15) is 18.4 Å². The Hall–Kier alpha value is -3.98. The molecule has 1 saturated carbocycles. The number of nitrogens with one attached hydrogen (secondary N) is 1. The van der Waals surface area contributed by atoms with Gasteiger partial charge in [0.2, 0.25) is 11.8 Å². The molecule has 9 heteroatoms. The molecule has 1 unspecified atom stereocenters. The van der Waals surface area contributed by atoms with Gasteiger partial charge in [-0.1, -0.05) is 42.5 Å². The third-order valence-electron chi connectivity index (χ3n) is 6.60. The first-order valence-corrected chi connectivity index (χ1v) is 13.4. The van der Waals surface area contributed by atoms with Crippen molar-refractivity contribution in [2.75, 3.05) is 17.2 Å². The van der Waals surface area contributed by atoms with Crippen molar-refractivity contribution in [3.8, 4) is 16.9 Å². The summed E-state index contributed by atoms with van der Waals surface area (Å²) < 4.78 is 29.8. The maximum atomic E-state index is 14.4. The van der Waals surface area contributed by atoms with Gasteiger partial charge in [-0.05, 0) is 54.8 Å². The zero-order valence-corrected chi connectivity index (χ0v) is 21.1. The summed E-state index contributed by atoms with van der Waals surface area (Å²) in [5.41, 5.74) is 3.33. The molecule has 1 aromatic heterocycles. The van der Waals surface area contributed by atoms with Crippen LogP contribution in [0.25, 0.3) is 16.9 Å². The Morgan fingerprint density at radius 3 is 2.45 bits per heavy atom. The minimum absolute atomic E-state index is 0.0875. The van der Waals surface area contributed by atoms with Crippen LogP contribution in [-0.2, 0) is 9.59 Å². The number of carbonyl (C=O) groups excluding carboxylic acids is 2. The van der Waals surface area contributed by atoms with Crippen LogP contribution in [0.1, 0.15) is 29.2 Å². The summed E-state index contributed by atoms with van der Waals surface area (Å²) in [6.45, 7) is -0.181. The smallest absolute Gasteiger partial charge is 0.240 e. The van der Waals surface area contributed by atoms with Crippen molar-refractivity contribution >= 4 is 29.4 Å². The van der Waals surface area contributed by atoms with Crippen molar-refractivity contribution in [2.24, 2.45) is 0 Å². The summed E-state index contributed by atoms with van der Waals surface area (Å²) in [5.74, 6) is -0.790. The second-order valence-corrected chi connectivity index (χ2v) is 10.5. The lowest BCUT2D eigenvalue weighted by molar-refractivity contribution is -0.123. The first-order chi connectivity index (χ1) is 18.5. The molecule has 6 rings (SSSR count). The Kier molecular flexibility index (Phi) is 6.45. The Morgan fingerprint density at radius 1 is 0.974 bits per heavy atom. The molecule has 2 heterocycles. The molecule has 1 aliphatic heterocycles. The normalized spacial score (nSPS) is 17.2. The highest BCUT2D eigenvalue weighted by atomic mass is 32.2. The molecule has 2 amide bonds. The van der Waals surface area contributed by atoms with Gasteiger partial charge in [-0.3, -0.25) is 14.5 Å². The molecule has 1 atom stereocenters. The van der Waals surface area contributed by atoms with Gasteiger partial charge < -0.3 is 5.32 Å². The summed E-state index contributed by atoms with van der Waals surface area (Å²) in [6, 6.07) is 21.8. The highest BCUT2D eigenvalue weighted by Crippen LogP contribution is 2.48. The van der Waals surface area contributed by atoms with Gasteiger partial charge in [0.1, 0.15) is 24.0 Å². The van der Waals surface area contributed by atoms with Gasteiger partial charge in [0.15, 0.2) is 0 Å². The third-order valence-corrected chi connectivity index (χ3v) is 7.86. The molecule has 0 spiro atoms. The number of anilines is 1. The SMILES string of the molecule is O=C(CN1C(=O)CSC(c2cccc(F)c2)c2c(-c3ccccc3)nn(-c3ccc(F)cc3)c21)NC1CC1. The maximum Gasteiger partial charge on any atom is 0.240 e. The second kappa shape index (κ2) is 10.1. The van der Waals surface area contributed by atoms with Crippen LogP contribution in [0.2, 0.25) is 0 Å². The largest absolute Gasteiger partial charge is 0.352 e. The minimum Gasteiger partial charge on any atom is -0.352 e. The molecule has 0 bridgehead atoms. The van der Waals surface area contributed by atoms with Crippen molar-refractivity contribution in [3.05, 3.63) is 102 Å². The summed E-state index contributed by atoms with van der Waals surface area (Å²) in [6.07, 6.45) is 1.85. The molecule has 38 heavy (non-hydrogen) atoms. The van der Waals surface area contributed by atoms with Crippen molar-refractivity contribution < 1.29 is 18.4 Å². The number of carbonyl (C=O) groups is 2. The van der Waals surface area contributed by atoms with Gasteiger partial charge in [-0.15, -0.1) is 11.8 Å². The van der Waals surface area contributed by atoms with Gasteiger partial charge in [0.05, 0.1) is 22.4 Å². The van der Waals surface area contributed by atoms with Crippen LogP contribution in [0.4, 0.5) is 14.6 Å². The highest BCUT2D eigenvalue weighted by Gasteiger charge is 2.38. The third kappa shape index (κ3) is 4.81. The van der Waals surface area contributed by atoms with Crippen LogP contribution in [0.15, 0.2) is 78.9 Å². The topological polar surface area (TPSA) is 67.2 Å². The van der Waals surface area contributed by atoms with Crippen LogP contribution < -0.4 is 10.2 Å². The molecule has 0 radical (unpaired) electrons. The molecular formula is C29H24F2N4O2S. The second-order valence-electron chi connectivity index (χ2n) is 9.41. The van der Waals surface area contributed by atoms with E-state index in [2.05, 4.69) is 5.32 Å². The molecule has 6 nitrogen and oxygen atoms in total. The fourth-order valence-corrected chi connectivity index (χ4v) is 5.86. The van der Waals surface area contributed by atoms with Crippen molar-refractivity contribution in [1.29, 1.82) is 0 Å². The number of amides is 2. The molecule has 1 N–H and O–H groups in total. The van der Waals surface area contributed by atoms with Crippen molar-refractivity contribution in [2.45, 2.75) is 24.1 Å². The first-order valence-electron chi connectivity index (χ1n) is 12.4. The fraction of sp³-hybridized carbons (Fsp3) is 0.207. The molecule has 1 fully saturated rings. The monoisotopic (exact) mass is 530 g/mol. The molecule has 192 valence electrons. The summed E-state index contributed by atoms with van der Waals surface area (Å²) in [7, 11) is 0. The lowest BCUT2D eigenvalue weighted by Crippen LogP contribution is -2.43. The van der Waals surface area contributed by atoms with Gasteiger partial charge >= 0.3 is 0 Å². The number of aromatic nitrogens is 2. The average Bonchev–Trinajstić information content (AvgIpc) is 3.67. The van der Waals surface area contributed by atoms with Crippen LogP contribution in [-0.4, -0.2) is 39.9 Å². The Balaban J connectivity index is 1.60. The van der Waals surface area contributed by atoms with E-state index in [1.54, 1.807) is 22.9 Å². The Labute approximate surface area is 222 Å². The van der Waals surface area contributed by atoms with Crippen LogP contribution in [0.3, 0.4) is 0 Å². The lowest BCUT2D eigenvalue weighted by Gasteiger charge is -2.23. The van der Waals surface area contributed by atoms with E-state index < -0.39 is 11.1 Å². The van der Waals surface area contributed by atoms with E-state index in [0.717, 1.165) is 18.4 Å². The van der Waals surface area contributed by atoms with Gasteiger partial charge in [-0.25, -0.2) is 13.5 Å². The van der Waals surface area contributed by atoms with E-state index in [4.69, 9.17) is 5.10 Å². The average molecular weight is 531 g/mol. The Morgan fingerprint density at radius 2 is 1.74 bits per heavy atom. The first kappa shape index (κ1) is 24.4. The maximum absolute atomic E-state index is 14.4. The van der Waals surface area contributed by atoms with Crippen molar-refractivity contribution in [1.82, 2.24) is 15.1 Å². The van der Waals surface area contributed by atoms with Gasteiger partial charge in [-0.2, -0.15) is 5.10 Å². The zero-order valence-electron chi connectivity index (χ0n) is 20.3. The fourth-order valence-electron chi connectivity index (χ4n) is 4.67. The predicted octanol–water partition coefficient (Wildman–Crippen LogP) is 5.27. The molecule has 0 saturated heterocycles. The van der Waals surface area contributed by atoms with E-state index in [1.165, 1.54) is 40.9 Å². The predicted molar refractivity (Wildman–Crippen MR) is 143 cm³/mol.